The molecule has 0 aromatic heterocycles. The minimum Gasteiger partial charge on any atom is -0.443 e. The highest BCUT2D eigenvalue weighted by molar-refractivity contribution is 6.29. The van der Waals surface area contributed by atoms with Gasteiger partial charge in [-0.2, -0.15) is 0 Å². The molecule has 0 saturated heterocycles. The number of carbonyl (C=O) groups excluding carboxylic acids is 2. The van der Waals surface area contributed by atoms with E-state index in [1.165, 1.54) is 0 Å². The summed E-state index contributed by atoms with van der Waals surface area (Å²) in [6.45, 7) is 5.00. The van der Waals surface area contributed by atoms with Crippen LogP contribution in [-0.2, 0) is 4.74 Å². The van der Waals surface area contributed by atoms with E-state index in [4.69, 9.17) is 11.6 Å². The van der Waals surface area contributed by atoms with Gasteiger partial charge in [0.1, 0.15) is 6.61 Å². The van der Waals surface area contributed by atoms with Crippen molar-refractivity contribution in [1.29, 1.82) is 0 Å². The highest BCUT2D eigenvalue weighted by Gasteiger charge is 2.12. The normalized spacial score (nSPS) is 9.53. The van der Waals surface area contributed by atoms with E-state index in [1.54, 1.807) is 25.1 Å². The van der Waals surface area contributed by atoms with E-state index in [-0.39, 0.29) is 11.6 Å². The molecule has 0 aliphatic heterocycles. The zero-order chi connectivity index (χ0) is 12.8. The number of nitrogens with one attached hydrogen (secondary N) is 1. The minimum atomic E-state index is -0.847. The first kappa shape index (κ1) is 13.3. The second-order valence-corrected chi connectivity index (χ2v) is 3.90. The van der Waals surface area contributed by atoms with Crippen molar-refractivity contribution in [3.05, 3.63) is 47.0 Å². The number of alkyl carbamates (subject to hydrolysis) is 1. The number of halogens is 1. The summed E-state index contributed by atoms with van der Waals surface area (Å²) in [5.41, 5.74) is 1.20. The van der Waals surface area contributed by atoms with Crippen molar-refractivity contribution in [1.82, 2.24) is 5.32 Å². The van der Waals surface area contributed by atoms with Crippen LogP contribution < -0.4 is 5.32 Å². The van der Waals surface area contributed by atoms with Gasteiger partial charge in [-0.25, -0.2) is 4.79 Å². The summed E-state index contributed by atoms with van der Waals surface area (Å²) in [7, 11) is 0. The van der Waals surface area contributed by atoms with Crippen LogP contribution in [0, 0.1) is 6.92 Å². The summed E-state index contributed by atoms with van der Waals surface area (Å²) in [6, 6.07) is 6.93. The van der Waals surface area contributed by atoms with Crippen LogP contribution in [0.4, 0.5) is 4.79 Å². The Hall–Kier alpha value is -1.81. The lowest BCUT2D eigenvalue weighted by Crippen LogP contribution is -2.31. The molecule has 0 aliphatic rings. The van der Waals surface area contributed by atoms with Crippen LogP contribution in [-0.4, -0.2) is 18.6 Å². The molecule has 17 heavy (non-hydrogen) atoms. The molecule has 1 N–H and O–H groups in total. The Balaban J connectivity index is 2.58. The Kier molecular flexibility index (Phi) is 4.72. The fourth-order valence-electron chi connectivity index (χ4n) is 1.17. The maximum absolute atomic E-state index is 11.7. The van der Waals surface area contributed by atoms with E-state index >= 15 is 0 Å². The monoisotopic (exact) mass is 253 g/mol. The van der Waals surface area contributed by atoms with E-state index in [0.717, 1.165) is 5.56 Å². The molecule has 1 aromatic rings. The Morgan fingerprint density at radius 1 is 1.41 bits per heavy atom. The number of hydrogen-bond acceptors (Lipinski definition) is 3. The van der Waals surface area contributed by atoms with Gasteiger partial charge in [0.2, 0.25) is 0 Å². The Labute approximate surface area is 104 Å². The van der Waals surface area contributed by atoms with Gasteiger partial charge in [0.25, 0.3) is 5.91 Å². The highest BCUT2D eigenvalue weighted by Crippen LogP contribution is 2.06. The van der Waals surface area contributed by atoms with Crippen molar-refractivity contribution in [2.24, 2.45) is 0 Å². The Bertz CT molecular complexity index is 457. The van der Waals surface area contributed by atoms with Gasteiger partial charge >= 0.3 is 6.09 Å². The fourth-order valence-corrected chi connectivity index (χ4v) is 1.22. The SMILES string of the molecule is C=C(Cl)COC(=O)NC(=O)c1ccccc1C. The second-order valence-electron chi connectivity index (χ2n) is 3.36. The van der Waals surface area contributed by atoms with Gasteiger partial charge in [-0.3, -0.25) is 10.1 Å². The standard InChI is InChI=1S/C12H12ClNO3/c1-8-5-3-4-6-10(8)11(15)14-12(16)17-7-9(2)13/h3-6H,2,7H2,1H3,(H,14,15,16). The zero-order valence-electron chi connectivity index (χ0n) is 9.33. The number of imide groups is 1. The van der Waals surface area contributed by atoms with Crippen LogP contribution in [0.2, 0.25) is 0 Å². The number of rotatable bonds is 3. The first-order valence-electron chi connectivity index (χ1n) is 4.87. The number of ether oxygens (including phenoxy) is 1. The largest absolute Gasteiger partial charge is 0.443 e. The molecular formula is C12H12ClNO3. The van der Waals surface area contributed by atoms with Crippen LogP contribution in [0.25, 0.3) is 0 Å². The van der Waals surface area contributed by atoms with Gasteiger partial charge < -0.3 is 4.74 Å². The molecule has 0 aliphatic carbocycles. The second kappa shape index (κ2) is 6.06. The van der Waals surface area contributed by atoms with Crippen molar-refractivity contribution < 1.29 is 14.3 Å². The topological polar surface area (TPSA) is 55.4 Å². The van der Waals surface area contributed by atoms with Gasteiger partial charge in [0, 0.05) is 10.6 Å². The van der Waals surface area contributed by atoms with Crippen LogP contribution in [0.15, 0.2) is 35.9 Å². The molecule has 0 unspecified atom stereocenters. The van der Waals surface area contributed by atoms with Crippen LogP contribution in [0.1, 0.15) is 15.9 Å². The van der Waals surface area contributed by atoms with Crippen LogP contribution in [0.3, 0.4) is 0 Å². The van der Waals surface area contributed by atoms with Crippen molar-refractivity contribution in [3.8, 4) is 0 Å². The summed E-state index contributed by atoms with van der Waals surface area (Å²) >= 11 is 5.42. The molecule has 0 radical (unpaired) electrons. The van der Waals surface area contributed by atoms with Gasteiger partial charge in [0.05, 0.1) is 0 Å². The van der Waals surface area contributed by atoms with E-state index in [1.807, 2.05) is 6.07 Å². The first-order chi connectivity index (χ1) is 8.00. The lowest BCUT2D eigenvalue weighted by Gasteiger charge is -2.06. The van der Waals surface area contributed by atoms with Crippen molar-refractivity contribution >= 4 is 23.6 Å². The quantitative estimate of drug-likeness (QED) is 0.901. The molecule has 0 heterocycles. The van der Waals surface area contributed by atoms with Gasteiger partial charge in [0.15, 0.2) is 0 Å². The molecule has 0 saturated carbocycles. The fraction of sp³-hybridized carbons (Fsp3) is 0.167. The average Bonchev–Trinajstić information content (AvgIpc) is 2.26. The molecule has 0 bridgehead atoms. The van der Waals surface area contributed by atoms with Gasteiger partial charge in [-0.15, -0.1) is 0 Å². The van der Waals surface area contributed by atoms with E-state index in [0.29, 0.717) is 5.56 Å². The van der Waals surface area contributed by atoms with Gasteiger partial charge in [-0.1, -0.05) is 36.4 Å². The molecule has 5 heteroatoms. The summed E-state index contributed by atoms with van der Waals surface area (Å²) in [5.74, 6) is -0.506. The van der Waals surface area contributed by atoms with Crippen molar-refractivity contribution in [3.63, 3.8) is 0 Å². The number of benzene rings is 1. The molecule has 1 rings (SSSR count). The first-order valence-corrected chi connectivity index (χ1v) is 5.25. The smallest absolute Gasteiger partial charge is 0.414 e. The third-order valence-electron chi connectivity index (χ3n) is 1.97. The molecule has 0 atom stereocenters. The Morgan fingerprint density at radius 2 is 2.06 bits per heavy atom. The number of carbonyl (C=O) groups is 2. The molecule has 0 spiro atoms. The van der Waals surface area contributed by atoms with Crippen LogP contribution >= 0.6 is 11.6 Å². The molecule has 0 fully saturated rings. The minimum absolute atomic E-state index is 0.131. The summed E-state index contributed by atoms with van der Waals surface area (Å²) in [6.07, 6.45) is -0.847. The predicted molar refractivity (Wildman–Crippen MR) is 65.0 cm³/mol. The predicted octanol–water partition coefficient (Wildman–Crippen LogP) is 2.61. The molecule has 1 aromatic carbocycles. The maximum Gasteiger partial charge on any atom is 0.414 e. The van der Waals surface area contributed by atoms with Gasteiger partial charge in [-0.05, 0) is 18.6 Å². The maximum atomic E-state index is 11.7. The summed E-state index contributed by atoms with van der Waals surface area (Å²) in [4.78, 5) is 22.8. The number of hydrogen-bond donors (Lipinski definition) is 1. The zero-order valence-corrected chi connectivity index (χ0v) is 10.1. The summed E-state index contributed by atoms with van der Waals surface area (Å²) in [5, 5.41) is 2.28. The average molecular weight is 254 g/mol. The lowest BCUT2D eigenvalue weighted by molar-refractivity contribution is 0.0928. The van der Waals surface area contributed by atoms with E-state index in [2.05, 4.69) is 16.6 Å². The Morgan fingerprint density at radius 3 is 2.65 bits per heavy atom. The third kappa shape index (κ3) is 4.28. The van der Waals surface area contributed by atoms with Crippen molar-refractivity contribution in [2.45, 2.75) is 6.92 Å². The molecule has 90 valence electrons. The summed E-state index contributed by atoms with van der Waals surface area (Å²) < 4.78 is 4.63. The molecule has 2 amide bonds. The lowest BCUT2D eigenvalue weighted by atomic mass is 10.1. The van der Waals surface area contributed by atoms with E-state index in [9.17, 15) is 9.59 Å². The molecular weight excluding hydrogens is 242 g/mol. The highest BCUT2D eigenvalue weighted by atomic mass is 35.5. The number of aryl methyl sites for hydroxylation is 1. The van der Waals surface area contributed by atoms with Crippen LogP contribution in [0.5, 0.6) is 0 Å². The third-order valence-corrected chi connectivity index (χ3v) is 2.07. The molecule has 4 nitrogen and oxygen atoms in total. The number of amides is 2. The van der Waals surface area contributed by atoms with E-state index < -0.39 is 12.0 Å². The van der Waals surface area contributed by atoms with Crippen molar-refractivity contribution in [2.75, 3.05) is 6.61 Å².